The molecule has 0 N–H and O–H groups in total. The molecule has 1 aromatic carbocycles. The Labute approximate surface area is 121 Å². The van der Waals surface area contributed by atoms with Gasteiger partial charge in [0, 0.05) is 12.3 Å². The predicted octanol–water partition coefficient (Wildman–Crippen LogP) is 3.79. The fraction of sp³-hybridized carbons (Fsp3) is 0.0833. The minimum absolute atomic E-state index is 0.162. The van der Waals surface area contributed by atoms with E-state index in [9.17, 15) is 23.3 Å². The third-order valence-corrected chi connectivity index (χ3v) is 2.83. The molecule has 0 aliphatic heterocycles. The van der Waals surface area contributed by atoms with Crippen LogP contribution in [0, 0.1) is 10.1 Å². The number of hydrogen-bond acceptors (Lipinski definition) is 3. The Balaban J connectivity index is 2.32. The van der Waals surface area contributed by atoms with E-state index >= 15 is 0 Å². The van der Waals surface area contributed by atoms with Crippen LogP contribution in [0.25, 0.3) is 11.8 Å². The zero-order chi connectivity index (χ0) is 15.6. The molecular formula is C12H7ClF3N3O2. The molecule has 0 aliphatic rings. The topological polar surface area (TPSA) is 61.0 Å². The van der Waals surface area contributed by atoms with Gasteiger partial charge in [-0.25, -0.2) is 4.68 Å². The molecule has 0 atom stereocenters. The first kappa shape index (κ1) is 15.0. The first-order valence-electron chi connectivity index (χ1n) is 5.52. The van der Waals surface area contributed by atoms with E-state index < -0.39 is 16.8 Å². The van der Waals surface area contributed by atoms with Gasteiger partial charge in [-0.3, -0.25) is 10.1 Å². The van der Waals surface area contributed by atoms with Gasteiger partial charge >= 0.3 is 6.18 Å². The third kappa shape index (κ3) is 3.60. The van der Waals surface area contributed by atoms with E-state index in [0.29, 0.717) is 11.3 Å². The van der Waals surface area contributed by atoms with Crippen LogP contribution in [-0.4, -0.2) is 14.7 Å². The number of hydrogen-bond donors (Lipinski definition) is 0. The van der Waals surface area contributed by atoms with Gasteiger partial charge in [0.15, 0.2) is 5.69 Å². The van der Waals surface area contributed by atoms with Gasteiger partial charge in [0.25, 0.3) is 0 Å². The molecule has 2 rings (SSSR count). The molecule has 0 saturated carbocycles. The predicted molar refractivity (Wildman–Crippen MR) is 69.6 cm³/mol. The summed E-state index contributed by atoms with van der Waals surface area (Å²) in [4.78, 5) is 9.58. The number of aromatic nitrogens is 2. The largest absolute Gasteiger partial charge is 0.435 e. The molecule has 9 heteroatoms. The smallest absolute Gasteiger partial charge is 0.259 e. The van der Waals surface area contributed by atoms with Crippen LogP contribution in [0.3, 0.4) is 0 Å². The van der Waals surface area contributed by atoms with E-state index in [1.807, 2.05) is 0 Å². The minimum Gasteiger partial charge on any atom is -0.259 e. The molecule has 0 spiro atoms. The molecule has 2 aromatic rings. The van der Waals surface area contributed by atoms with Crippen molar-refractivity contribution in [2.24, 2.45) is 0 Å². The minimum atomic E-state index is -4.52. The molecule has 0 amide bonds. The number of nitrogens with zero attached hydrogens (tertiary/aromatic N) is 3. The van der Waals surface area contributed by atoms with Crippen molar-refractivity contribution in [1.82, 2.24) is 9.78 Å². The number of rotatable bonds is 3. The van der Waals surface area contributed by atoms with Crippen LogP contribution in [0.1, 0.15) is 11.3 Å². The maximum atomic E-state index is 12.5. The Morgan fingerprint density at radius 2 is 2.05 bits per heavy atom. The standard InChI is InChI=1S/C12H7ClF3N3O2/c13-10-7-9(2-1-8(10)3-6-19(20)21)18-5-4-11(17-18)12(14,15)16/h1-7H/b6-3+. The summed E-state index contributed by atoms with van der Waals surface area (Å²) < 4.78 is 38.4. The maximum Gasteiger partial charge on any atom is 0.435 e. The van der Waals surface area contributed by atoms with Gasteiger partial charge in [-0.2, -0.15) is 18.3 Å². The van der Waals surface area contributed by atoms with Crippen molar-refractivity contribution in [3.63, 3.8) is 0 Å². The van der Waals surface area contributed by atoms with E-state index in [0.717, 1.165) is 23.1 Å². The zero-order valence-corrected chi connectivity index (χ0v) is 11.0. The molecule has 0 unspecified atom stereocenters. The van der Waals surface area contributed by atoms with Crippen molar-refractivity contribution < 1.29 is 18.1 Å². The highest BCUT2D eigenvalue weighted by Gasteiger charge is 2.33. The molecule has 0 saturated heterocycles. The van der Waals surface area contributed by atoms with E-state index in [-0.39, 0.29) is 5.02 Å². The second kappa shape index (κ2) is 5.57. The number of benzene rings is 1. The van der Waals surface area contributed by atoms with Gasteiger partial charge in [-0.15, -0.1) is 0 Å². The van der Waals surface area contributed by atoms with Crippen LogP contribution >= 0.6 is 11.6 Å². The molecule has 0 fully saturated rings. The lowest BCUT2D eigenvalue weighted by Crippen LogP contribution is -2.07. The van der Waals surface area contributed by atoms with Crippen molar-refractivity contribution in [2.45, 2.75) is 6.18 Å². The SMILES string of the molecule is O=[N+]([O-])/C=C/c1ccc(-n2ccc(C(F)(F)F)n2)cc1Cl. The second-order valence-electron chi connectivity index (χ2n) is 3.95. The van der Waals surface area contributed by atoms with Gasteiger partial charge < -0.3 is 0 Å². The quantitative estimate of drug-likeness (QED) is 0.639. The molecule has 110 valence electrons. The van der Waals surface area contributed by atoms with Crippen molar-refractivity contribution in [2.75, 3.05) is 0 Å². The van der Waals surface area contributed by atoms with Crippen molar-refractivity contribution in [1.29, 1.82) is 0 Å². The monoisotopic (exact) mass is 317 g/mol. The summed E-state index contributed by atoms with van der Waals surface area (Å²) in [6.45, 7) is 0. The molecule has 0 aliphatic carbocycles. The fourth-order valence-corrected chi connectivity index (χ4v) is 1.79. The molecule has 0 radical (unpaired) electrons. The summed E-state index contributed by atoms with van der Waals surface area (Å²) in [6, 6.07) is 5.12. The van der Waals surface area contributed by atoms with Crippen LogP contribution in [0.4, 0.5) is 13.2 Å². The maximum absolute atomic E-state index is 12.5. The highest BCUT2D eigenvalue weighted by atomic mass is 35.5. The Hall–Kier alpha value is -2.35. The van der Waals surface area contributed by atoms with Crippen LogP contribution in [0.2, 0.25) is 5.02 Å². The zero-order valence-electron chi connectivity index (χ0n) is 10.2. The van der Waals surface area contributed by atoms with E-state index in [1.54, 1.807) is 0 Å². The van der Waals surface area contributed by atoms with Crippen molar-refractivity contribution in [3.8, 4) is 5.69 Å². The van der Waals surface area contributed by atoms with Gasteiger partial charge in [-0.05, 0) is 23.8 Å². The van der Waals surface area contributed by atoms with Gasteiger partial charge in [-0.1, -0.05) is 17.7 Å². The highest BCUT2D eigenvalue weighted by molar-refractivity contribution is 6.32. The van der Waals surface area contributed by atoms with Crippen LogP contribution in [0.15, 0.2) is 36.7 Å². The molecule has 21 heavy (non-hydrogen) atoms. The normalized spacial score (nSPS) is 12.0. The first-order chi connectivity index (χ1) is 9.77. The highest BCUT2D eigenvalue weighted by Crippen LogP contribution is 2.28. The Morgan fingerprint density at radius 1 is 1.33 bits per heavy atom. The van der Waals surface area contributed by atoms with Crippen molar-refractivity contribution >= 4 is 17.7 Å². The van der Waals surface area contributed by atoms with Gasteiger partial charge in [0.05, 0.1) is 15.6 Å². The van der Waals surface area contributed by atoms with E-state index in [1.165, 1.54) is 24.3 Å². The van der Waals surface area contributed by atoms with E-state index in [2.05, 4.69) is 5.10 Å². The molecule has 0 bridgehead atoms. The lowest BCUT2D eigenvalue weighted by molar-refractivity contribution is -0.400. The van der Waals surface area contributed by atoms with Crippen LogP contribution in [-0.2, 0) is 6.18 Å². The fourth-order valence-electron chi connectivity index (χ4n) is 1.55. The summed E-state index contributed by atoms with van der Waals surface area (Å²) >= 11 is 5.92. The first-order valence-corrected chi connectivity index (χ1v) is 5.89. The molecule has 1 aromatic heterocycles. The molecular weight excluding hydrogens is 311 g/mol. The summed E-state index contributed by atoms with van der Waals surface area (Å²) in [5.74, 6) is 0. The average molecular weight is 318 g/mol. The summed E-state index contributed by atoms with van der Waals surface area (Å²) in [6.07, 6.45) is -1.46. The van der Waals surface area contributed by atoms with Gasteiger partial charge in [0.1, 0.15) is 0 Å². The summed E-state index contributed by atoms with van der Waals surface area (Å²) in [5.41, 5.74) is -0.329. The second-order valence-corrected chi connectivity index (χ2v) is 4.36. The third-order valence-electron chi connectivity index (χ3n) is 2.50. The Morgan fingerprint density at radius 3 is 2.57 bits per heavy atom. The van der Waals surface area contributed by atoms with Crippen LogP contribution < -0.4 is 0 Å². The Kier molecular flexibility index (Phi) is 3.99. The number of halogens is 4. The van der Waals surface area contributed by atoms with Gasteiger partial charge in [0.2, 0.25) is 6.20 Å². The summed E-state index contributed by atoms with van der Waals surface area (Å²) in [7, 11) is 0. The van der Waals surface area contributed by atoms with E-state index in [4.69, 9.17) is 11.6 Å². The Bertz CT molecular complexity index is 710. The average Bonchev–Trinajstić information content (AvgIpc) is 2.86. The number of alkyl halides is 3. The molecule has 5 nitrogen and oxygen atoms in total. The van der Waals surface area contributed by atoms with Crippen molar-refractivity contribution in [3.05, 3.63) is 63.1 Å². The van der Waals surface area contributed by atoms with Crippen LogP contribution in [0.5, 0.6) is 0 Å². The lowest BCUT2D eigenvalue weighted by atomic mass is 10.2. The summed E-state index contributed by atoms with van der Waals surface area (Å²) in [5, 5.41) is 13.8. The lowest BCUT2D eigenvalue weighted by Gasteiger charge is -2.05. The number of nitro groups is 1. The molecule has 1 heterocycles.